The van der Waals surface area contributed by atoms with Gasteiger partial charge in [0, 0.05) is 0 Å². The molecule has 0 aromatic heterocycles. The fourth-order valence-corrected chi connectivity index (χ4v) is 1.19. The average molecular weight is 201 g/mol. The molecular weight excluding hydrogens is 188 g/mol. The zero-order valence-electron chi connectivity index (χ0n) is 6.41. The summed E-state index contributed by atoms with van der Waals surface area (Å²) in [6, 6.07) is 0. The Hall–Kier alpha value is -0.0400. The summed E-state index contributed by atoms with van der Waals surface area (Å²) < 4.78 is 1.12. The van der Waals surface area contributed by atoms with Gasteiger partial charge in [-0.3, -0.25) is 0 Å². The molecule has 0 nitrogen and oxygen atoms in total. The van der Waals surface area contributed by atoms with E-state index in [1.54, 1.807) is 11.1 Å². The predicted octanol–water partition coefficient (Wildman–Crippen LogP) is 3.79. The van der Waals surface area contributed by atoms with Gasteiger partial charge in [0.2, 0.25) is 0 Å². The highest BCUT2D eigenvalue weighted by Crippen LogP contribution is 2.33. The quantitative estimate of drug-likeness (QED) is 0.609. The van der Waals surface area contributed by atoms with Crippen LogP contribution in [-0.2, 0) is 0 Å². The van der Waals surface area contributed by atoms with Gasteiger partial charge >= 0.3 is 0 Å². The van der Waals surface area contributed by atoms with Crippen molar-refractivity contribution in [1.82, 2.24) is 0 Å². The molecule has 0 spiro atoms. The highest BCUT2D eigenvalue weighted by atomic mass is 79.9. The molecule has 0 aromatic carbocycles. The molecule has 0 bridgehead atoms. The molecule has 0 aliphatic heterocycles. The van der Waals surface area contributed by atoms with Crippen molar-refractivity contribution >= 4 is 15.9 Å². The highest BCUT2D eigenvalue weighted by Gasteiger charge is 2.13. The Kier molecular flexibility index (Phi) is 2.72. The first kappa shape index (κ1) is 8.06. The van der Waals surface area contributed by atoms with Crippen LogP contribution in [0.4, 0.5) is 0 Å². The van der Waals surface area contributed by atoms with Crippen LogP contribution in [0.5, 0.6) is 0 Å². The van der Waals surface area contributed by atoms with E-state index < -0.39 is 0 Å². The Morgan fingerprint density at radius 3 is 2.50 bits per heavy atom. The van der Waals surface area contributed by atoms with Crippen molar-refractivity contribution < 1.29 is 0 Å². The van der Waals surface area contributed by atoms with E-state index in [1.165, 1.54) is 19.3 Å². The Morgan fingerprint density at radius 2 is 2.10 bits per heavy atom. The number of allylic oxidation sites excluding steroid dienone is 3. The SMILES string of the molecule is C=C(Br)CCC(C)=C1CC1. The monoisotopic (exact) mass is 200 g/mol. The summed E-state index contributed by atoms with van der Waals surface area (Å²) in [5, 5.41) is 0. The molecule has 0 saturated heterocycles. The van der Waals surface area contributed by atoms with Gasteiger partial charge in [-0.25, -0.2) is 0 Å². The maximum Gasteiger partial charge on any atom is -0.0118 e. The van der Waals surface area contributed by atoms with Crippen molar-refractivity contribution in [2.45, 2.75) is 32.6 Å². The van der Waals surface area contributed by atoms with Gasteiger partial charge in [0.1, 0.15) is 0 Å². The van der Waals surface area contributed by atoms with Gasteiger partial charge < -0.3 is 0 Å². The molecule has 0 unspecified atom stereocenters. The lowest BCUT2D eigenvalue weighted by Crippen LogP contribution is -1.76. The van der Waals surface area contributed by atoms with Crippen LogP contribution < -0.4 is 0 Å². The zero-order valence-corrected chi connectivity index (χ0v) is 8.00. The lowest BCUT2D eigenvalue weighted by atomic mass is 10.1. The van der Waals surface area contributed by atoms with E-state index in [4.69, 9.17) is 0 Å². The number of rotatable bonds is 3. The summed E-state index contributed by atoms with van der Waals surface area (Å²) in [6.07, 6.45) is 4.98. The summed E-state index contributed by atoms with van der Waals surface area (Å²) in [5.41, 5.74) is 3.26. The van der Waals surface area contributed by atoms with Gasteiger partial charge in [-0.05, 0) is 37.1 Å². The van der Waals surface area contributed by atoms with Crippen LogP contribution >= 0.6 is 15.9 Å². The Bertz CT molecular complexity index is 171. The first-order chi connectivity index (χ1) is 4.70. The molecule has 0 heterocycles. The normalized spacial score (nSPS) is 15.2. The fourth-order valence-electron chi connectivity index (χ4n) is 0.989. The van der Waals surface area contributed by atoms with Crippen LogP contribution in [0.1, 0.15) is 32.6 Å². The van der Waals surface area contributed by atoms with E-state index in [-0.39, 0.29) is 0 Å². The van der Waals surface area contributed by atoms with Crippen LogP contribution in [0.15, 0.2) is 22.2 Å². The molecule has 1 aliphatic carbocycles. The standard InChI is InChI=1S/C9H13Br/c1-7(9-5-6-9)3-4-8(2)10/h2-6H2,1H3. The van der Waals surface area contributed by atoms with E-state index >= 15 is 0 Å². The molecule has 0 aromatic rings. The van der Waals surface area contributed by atoms with Gasteiger partial charge in [0.15, 0.2) is 0 Å². The second-order valence-corrected chi connectivity index (χ2v) is 4.02. The second-order valence-electron chi connectivity index (χ2n) is 2.90. The first-order valence-corrected chi connectivity index (χ1v) is 4.50. The van der Waals surface area contributed by atoms with Crippen molar-refractivity contribution in [1.29, 1.82) is 0 Å². The van der Waals surface area contributed by atoms with E-state index in [0.29, 0.717) is 0 Å². The van der Waals surface area contributed by atoms with Gasteiger partial charge in [-0.2, -0.15) is 0 Å². The number of halogens is 1. The molecular formula is C9H13Br. The summed E-state index contributed by atoms with van der Waals surface area (Å²) >= 11 is 3.36. The Balaban J connectivity index is 2.25. The molecule has 0 radical (unpaired) electrons. The second kappa shape index (κ2) is 3.38. The van der Waals surface area contributed by atoms with Crippen LogP contribution in [0.25, 0.3) is 0 Å². The molecule has 1 rings (SSSR count). The minimum absolute atomic E-state index is 1.09. The molecule has 0 amide bonds. The van der Waals surface area contributed by atoms with E-state index in [1.807, 2.05) is 0 Å². The van der Waals surface area contributed by atoms with Crippen LogP contribution in [0, 0.1) is 0 Å². The van der Waals surface area contributed by atoms with E-state index in [9.17, 15) is 0 Å². The number of hydrogen-bond acceptors (Lipinski definition) is 0. The van der Waals surface area contributed by atoms with Crippen molar-refractivity contribution in [3.05, 3.63) is 22.2 Å². The minimum atomic E-state index is 1.09. The predicted molar refractivity (Wildman–Crippen MR) is 49.2 cm³/mol. The van der Waals surface area contributed by atoms with Gasteiger partial charge in [0.05, 0.1) is 0 Å². The molecule has 0 atom stereocenters. The first-order valence-electron chi connectivity index (χ1n) is 3.71. The van der Waals surface area contributed by atoms with Gasteiger partial charge in [-0.15, -0.1) is 0 Å². The van der Waals surface area contributed by atoms with Gasteiger partial charge in [0.25, 0.3) is 0 Å². The third kappa shape index (κ3) is 2.70. The maximum atomic E-state index is 3.80. The third-order valence-corrected chi connectivity index (χ3v) is 2.27. The van der Waals surface area contributed by atoms with Crippen molar-refractivity contribution in [2.24, 2.45) is 0 Å². The Labute approximate surface area is 71.1 Å². The summed E-state index contributed by atoms with van der Waals surface area (Å²) in [6.45, 7) is 6.04. The summed E-state index contributed by atoms with van der Waals surface area (Å²) in [5.74, 6) is 0. The maximum absolute atomic E-state index is 3.80. The van der Waals surface area contributed by atoms with E-state index in [2.05, 4.69) is 29.4 Å². The highest BCUT2D eigenvalue weighted by molar-refractivity contribution is 9.11. The largest absolute Gasteiger partial charge is 0.0888 e. The zero-order chi connectivity index (χ0) is 7.56. The minimum Gasteiger partial charge on any atom is -0.0888 e. The topological polar surface area (TPSA) is 0 Å². The smallest absolute Gasteiger partial charge is 0.0118 e. The average Bonchev–Trinajstić information content (AvgIpc) is 2.63. The lowest BCUT2D eigenvalue weighted by Gasteiger charge is -1.97. The van der Waals surface area contributed by atoms with Crippen molar-refractivity contribution in [3.8, 4) is 0 Å². The van der Waals surface area contributed by atoms with Gasteiger partial charge in [-0.1, -0.05) is 33.7 Å². The lowest BCUT2D eigenvalue weighted by molar-refractivity contribution is 0.966. The molecule has 56 valence electrons. The molecule has 1 aliphatic rings. The van der Waals surface area contributed by atoms with Crippen molar-refractivity contribution in [3.63, 3.8) is 0 Å². The molecule has 0 N–H and O–H groups in total. The van der Waals surface area contributed by atoms with E-state index in [0.717, 1.165) is 10.9 Å². The van der Waals surface area contributed by atoms with Crippen molar-refractivity contribution in [2.75, 3.05) is 0 Å². The molecule has 10 heavy (non-hydrogen) atoms. The molecule has 1 heteroatoms. The molecule has 1 fully saturated rings. The van der Waals surface area contributed by atoms with Crippen LogP contribution in [-0.4, -0.2) is 0 Å². The summed E-state index contributed by atoms with van der Waals surface area (Å²) in [7, 11) is 0. The number of hydrogen-bond donors (Lipinski definition) is 0. The fraction of sp³-hybridized carbons (Fsp3) is 0.556. The third-order valence-electron chi connectivity index (χ3n) is 1.87. The van der Waals surface area contributed by atoms with Crippen LogP contribution in [0.3, 0.4) is 0 Å². The molecule has 1 saturated carbocycles. The summed E-state index contributed by atoms with van der Waals surface area (Å²) in [4.78, 5) is 0. The Morgan fingerprint density at radius 1 is 1.50 bits per heavy atom. The van der Waals surface area contributed by atoms with Crippen LogP contribution in [0.2, 0.25) is 0 Å².